The lowest BCUT2D eigenvalue weighted by Gasteiger charge is -2.26. The van der Waals surface area contributed by atoms with Crippen molar-refractivity contribution in [2.45, 2.75) is 26.3 Å². The lowest BCUT2D eigenvalue weighted by Crippen LogP contribution is -2.43. The molecule has 3 N–H and O–H groups in total. The second kappa shape index (κ2) is 8.39. The summed E-state index contributed by atoms with van der Waals surface area (Å²) in [6, 6.07) is 21.9. The Hall–Kier alpha value is -4.36. The molecule has 7 heteroatoms. The summed E-state index contributed by atoms with van der Waals surface area (Å²) in [4.78, 5) is 31.2. The van der Waals surface area contributed by atoms with E-state index in [0.29, 0.717) is 17.9 Å². The third-order valence-electron chi connectivity index (χ3n) is 7.00. The number of aryl methyl sites for hydroxylation is 2. The molecule has 1 atom stereocenters. The SMILES string of the molecule is Cc1ccc(-n2c(O)c([C@H]3NCCc4c3[nH]c3ccccc43)c(=O)n(-c3ccc(C)cc3)c2=O)cc1. The molecule has 5 aromatic rings. The Morgan fingerprint density at radius 1 is 0.833 bits per heavy atom. The lowest BCUT2D eigenvalue weighted by molar-refractivity contribution is 0.406. The molecule has 0 unspecified atom stereocenters. The number of nitrogens with zero attached hydrogens (tertiary/aromatic N) is 2. The molecule has 0 bridgehead atoms. The number of aromatic hydroxyl groups is 1. The number of fused-ring (bicyclic) bond motifs is 3. The van der Waals surface area contributed by atoms with Crippen LogP contribution in [0.3, 0.4) is 0 Å². The van der Waals surface area contributed by atoms with E-state index in [0.717, 1.165) is 44.3 Å². The standard InChI is InChI=1S/C29H26N4O3/c1-17-7-11-19(12-8-17)32-27(34)24(28(35)33(29(32)36)20-13-9-18(2)10-14-20)26-25-22(15-16-30-26)21-5-3-4-6-23(21)31-25/h3-14,26,30-31,34H,15-16H2,1-2H3/t26-/m1/s1. The van der Waals surface area contributed by atoms with E-state index in [9.17, 15) is 14.7 Å². The van der Waals surface area contributed by atoms with Crippen LogP contribution in [0, 0.1) is 13.8 Å². The number of rotatable bonds is 3. The zero-order chi connectivity index (χ0) is 25.0. The molecule has 3 aromatic carbocycles. The number of aromatic nitrogens is 3. The Morgan fingerprint density at radius 3 is 2.11 bits per heavy atom. The van der Waals surface area contributed by atoms with Crippen LogP contribution < -0.4 is 16.6 Å². The van der Waals surface area contributed by atoms with Gasteiger partial charge in [0, 0.05) is 23.1 Å². The highest BCUT2D eigenvalue weighted by atomic mass is 16.3. The number of hydrogen-bond donors (Lipinski definition) is 3. The molecule has 0 spiro atoms. The molecule has 0 radical (unpaired) electrons. The van der Waals surface area contributed by atoms with Crippen LogP contribution in [-0.4, -0.2) is 25.8 Å². The molecule has 0 saturated carbocycles. The summed E-state index contributed by atoms with van der Waals surface area (Å²) < 4.78 is 2.36. The second-order valence-corrected chi connectivity index (χ2v) is 9.37. The van der Waals surface area contributed by atoms with E-state index in [1.54, 1.807) is 24.3 Å². The van der Waals surface area contributed by atoms with Gasteiger partial charge in [0.1, 0.15) is 5.56 Å². The van der Waals surface area contributed by atoms with Crippen LogP contribution in [0.15, 0.2) is 82.4 Å². The quantitative estimate of drug-likeness (QED) is 0.365. The lowest BCUT2D eigenvalue weighted by atomic mass is 9.95. The van der Waals surface area contributed by atoms with Gasteiger partial charge in [-0.25, -0.2) is 13.9 Å². The minimum Gasteiger partial charge on any atom is -0.494 e. The molecule has 7 nitrogen and oxygen atoms in total. The van der Waals surface area contributed by atoms with Crippen molar-refractivity contribution in [2.75, 3.05) is 6.54 Å². The first kappa shape index (κ1) is 22.1. The van der Waals surface area contributed by atoms with Crippen molar-refractivity contribution < 1.29 is 5.11 Å². The van der Waals surface area contributed by atoms with Crippen LogP contribution in [0.25, 0.3) is 22.3 Å². The van der Waals surface area contributed by atoms with Gasteiger partial charge in [-0.05, 0) is 56.2 Å². The predicted molar refractivity (Wildman–Crippen MR) is 141 cm³/mol. The van der Waals surface area contributed by atoms with Gasteiger partial charge >= 0.3 is 5.69 Å². The van der Waals surface area contributed by atoms with E-state index in [1.807, 2.05) is 56.3 Å². The molecule has 0 fully saturated rings. The van der Waals surface area contributed by atoms with Crippen LogP contribution >= 0.6 is 0 Å². The summed E-state index contributed by atoms with van der Waals surface area (Å²) >= 11 is 0. The van der Waals surface area contributed by atoms with Gasteiger partial charge in [0.15, 0.2) is 0 Å². The van der Waals surface area contributed by atoms with Crippen LogP contribution in [0.5, 0.6) is 5.88 Å². The van der Waals surface area contributed by atoms with Gasteiger partial charge in [0.05, 0.1) is 17.4 Å². The average molecular weight is 479 g/mol. The number of para-hydroxylation sites is 1. The molecular formula is C29H26N4O3. The maximum Gasteiger partial charge on any atom is 0.343 e. The Labute approximate surface area is 207 Å². The largest absolute Gasteiger partial charge is 0.494 e. The van der Waals surface area contributed by atoms with E-state index in [-0.39, 0.29) is 11.4 Å². The van der Waals surface area contributed by atoms with E-state index in [1.165, 1.54) is 4.57 Å². The monoisotopic (exact) mass is 478 g/mol. The van der Waals surface area contributed by atoms with Gasteiger partial charge < -0.3 is 15.4 Å². The Bertz CT molecular complexity index is 1720. The molecule has 6 rings (SSSR count). The summed E-state index contributed by atoms with van der Waals surface area (Å²) in [5.74, 6) is -0.360. The highest BCUT2D eigenvalue weighted by molar-refractivity contribution is 5.85. The van der Waals surface area contributed by atoms with Crippen molar-refractivity contribution in [3.8, 4) is 17.3 Å². The molecule has 180 valence electrons. The van der Waals surface area contributed by atoms with Crippen LogP contribution in [0.2, 0.25) is 0 Å². The topological polar surface area (TPSA) is 92.0 Å². The summed E-state index contributed by atoms with van der Waals surface area (Å²) in [5.41, 5.74) is 4.85. The number of benzene rings is 3. The zero-order valence-corrected chi connectivity index (χ0v) is 20.1. The molecule has 36 heavy (non-hydrogen) atoms. The van der Waals surface area contributed by atoms with Crippen molar-refractivity contribution in [2.24, 2.45) is 0 Å². The zero-order valence-electron chi connectivity index (χ0n) is 20.1. The Balaban J connectivity index is 1.67. The maximum atomic E-state index is 14.0. The highest BCUT2D eigenvalue weighted by Crippen LogP contribution is 2.35. The van der Waals surface area contributed by atoms with Gasteiger partial charge in [0.2, 0.25) is 5.88 Å². The number of aromatic amines is 1. The molecule has 0 saturated heterocycles. The number of H-pyrrole nitrogens is 1. The molecule has 0 amide bonds. The first-order valence-electron chi connectivity index (χ1n) is 12.0. The van der Waals surface area contributed by atoms with E-state index >= 15 is 0 Å². The smallest absolute Gasteiger partial charge is 0.343 e. The van der Waals surface area contributed by atoms with Crippen molar-refractivity contribution in [1.29, 1.82) is 0 Å². The van der Waals surface area contributed by atoms with E-state index in [2.05, 4.69) is 16.4 Å². The first-order chi connectivity index (χ1) is 17.4. The first-order valence-corrected chi connectivity index (χ1v) is 12.0. The van der Waals surface area contributed by atoms with Crippen molar-refractivity contribution in [1.82, 2.24) is 19.4 Å². The minimum atomic E-state index is -0.623. The van der Waals surface area contributed by atoms with Crippen LogP contribution in [0.4, 0.5) is 0 Å². The summed E-state index contributed by atoms with van der Waals surface area (Å²) in [6.45, 7) is 4.53. The molecule has 2 aromatic heterocycles. The molecule has 0 aliphatic carbocycles. The third kappa shape index (κ3) is 3.39. The van der Waals surface area contributed by atoms with Crippen molar-refractivity contribution >= 4 is 10.9 Å². The highest BCUT2D eigenvalue weighted by Gasteiger charge is 2.33. The fraction of sp³-hybridized carbons (Fsp3) is 0.172. The summed E-state index contributed by atoms with van der Waals surface area (Å²) in [6.07, 6.45) is 0.792. The number of nitrogens with one attached hydrogen (secondary N) is 2. The van der Waals surface area contributed by atoms with Gasteiger partial charge in [-0.3, -0.25) is 4.79 Å². The summed E-state index contributed by atoms with van der Waals surface area (Å²) in [5, 5.41) is 16.0. The molecule has 1 aliphatic heterocycles. The van der Waals surface area contributed by atoms with Crippen molar-refractivity contribution in [3.63, 3.8) is 0 Å². The third-order valence-corrected chi connectivity index (χ3v) is 7.00. The van der Waals surface area contributed by atoms with Gasteiger partial charge in [-0.15, -0.1) is 0 Å². The van der Waals surface area contributed by atoms with Crippen LogP contribution in [0.1, 0.15) is 34.0 Å². The van der Waals surface area contributed by atoms with Gasteiger partial charge in [0.25, 0.3) is 5.56 Å². The maximum absolute atomic E-state index is 14.0. The Morgan fingerprint density at radius 2 is 1.44 bits per heavy atom. The van der Waals surface area contributed by atoms with Gasteiger partial charge in [-0.2, -0.15) is 0 Å². The molecule has 1 aliphatic rings. The number of hydrogen-bond acceptors (Lipinski definition) is 4. The van der Waals surface area contributed by atoms with E-state index in [4.69, 9.17) is 0 Å². The normalized spacial score (nSPS) is 15.2. The predicted octanol–water partition coefficient (Wildman–Crippen LogP) is 4.03. The average Bonchev–Trinajstić information content (AvgIpc) is 3.26. The second-order valence-electron chi connectivity index (χ2n) is 9.37. The Kier molecular flexibility index (Phi) is 5.16. The van der Waals surface area contributed by atoms with Crippen LogP contribution in [-0.2, 0) is 6.42 Å². The molecule has 3 heterocycles. The minimum absolute atomic E-state index is 0.128. The summed E-state index contributed by atoms with van der Waals surface area (Å²) in [7, 11) is 0. The van der Waals surface area contributed by atoms with Gasteiger partial charge in [-0.1, -0.05) is 53.6 Å². The fourth-order valence-electron chi connectivity index (χ4n) is 5.14. The van der Waals surface area contributed by atoms with E-state index < -0.39 is 17.3 Å². The fourth-order valence-corrected chi connectivity index (χ4v) is 5.14. The molecular weight excluding hydrogens is 452 g/mol. The van der Waals surface area contributed by atoms with Crippen molar-refractivity contribution in [3.05, 3.63) is 122 Å².